The van der Waals surface area contributed by atoms with E-state index in [1.54, 1.807) is 0 Å². The van der Waals surface area contributed by atoms with Gasteiger partial charge in [-0.1, -0.05) is 6.92 Å². The molecule has 1 aliphatic rings. The fraction of sp³-hybridized carbons (Fsp3) is 0.500. The standard InChI is InChI=1S/C16H24N4O5S/c1-4-7-17-8-9-18-26(23,24)11-5-6-13(25-3)12(10-11)16(2)14(21)19-15(22)20-16/h5-6,10,17-18H,4,7-9H2,1-3H3,(H2,19,20,21,22). The van der Waals surface area contributed by atoms with E-state index in [0.29, 0.717) is 12.3 Å². The van der Waals surface area contributed by atoms with E-state index in [-0.39, 0.29) is 17.0 Å². The van der Waals surface area contributed by atoms with Crippen molar-refractivity contribution >= 4 is 22.0 Å². The van der Waals surface area contributed by atoms with Gasteiger partial charge in [0.15, 0.2) is 0 Å². The molecule has 1 aromatic carbocycles. The monoisotopic (exact) mass is 384 g/mol. The van der Waals surface area contributed by atoms with Crippen LogP contribution >= 0.6 is 0 Å². The van der Waals surface area contributed by atoms with Gasteiger partial charge in [0.05, 0.1) is 12.0 Å². The largest absolute Gasteiger partial charge is 0.496 e. The van der Waals surface area contributed by atoms with E-state index in [0.717, 1.165) is 13.0 Å². The molecule has 1 saturated heterocycles. The maximum absolute atomic E-state index is 12.5. The van der Waals surface area contributed by atoms with Crippen LogP contribution in [0.15, 0.2) is 23.1 Å². The van der Waals surface area contributed by atoms with Gasteiger partial charge in [0.25, 0.3) is 5.91 Å². The molecule has 0 aromatic heterocycles. The van der Waals surface area contributed by atoms with E-state index >= 15 is 0 Å². The molecule has 1 heterocycles. The first kappa shape index (κ1) is 20.1. The molecule has 0 aliphatic carbocycles. The van der Waals surface area contributed by atoms with Crippen LogP contribution in [0.1, 0.15) is 25.8 Å². The number of sulfonamides is 1. The highest BCUT2D eigenvalue weighted by molar-refractivity contribution is 7.89. The minimum atomic E-state index is -3.77. The molecule has 3 amide bonds. The van der Waals surface area contributed by atoms with Crippen molar-refractivity contribution in [2.75, 3.05) is 26.7 Å². The number of hydrogen-bond acceptors (Lipinski definition) is 6. The average molecular weight is 384 g/mol. The average Bonchev–Trinajstić information content (AvgIpc) is 2.87. The van der Waals surface area contributed by atoms with Crippen LogP contribution in [0.4, 0.5) is 4.79 Å². The Morgan fingerprint density at radius 1 is 1.19 bits per heavy atom. The van der Waals surface area contributed by atoms with Crippen molar-refractivity contribution in [1.29, 1.82) is 0 Å². The predicted molar refractivity (Wildman–Crippen MR) is 95.4 cm³/mol. The zero-order valence-corrected chi connectivity index (χ0v) is 15.8. The van der Waals surface area contributed by atoms with Crippen LogP contribution in [0, 0.1) is 0 Å². The Balaban J connectivity index is 2.29. The third-order valence-electron chi connectivity index (χ3n) is 4.09. The van der Waals surface area contributed by atoms with Gasteiger partial charge in [-0.3, -0.25) is 10.1 Å². The second-order valence-corrected chi connectivity index (χ2v) is 7.81. The summed E-state index contributed by atoms with van der Waals surface area (Å²) >= 11 is 0. The highest BCUT2D eigenvalue weighted by atomic mass is 32.2. The van der Waals surface area contributed by atoms with Crippen molar-refractivity contribution in [2.24, 2.45) is 0 Å². The Hall–Kier alpha value is -2.17. The zero-order chi connectivity index (χ0) is 19.4. The van der Waals surface area contributed by atoms with Crippen LogP contribution in [-0.2, 0) is 20.4 Å². The van der Waals surface area contributed by atoms with Gasteiger partial charge in [-0.15, -0.1) is 0 Å². The van der Waals surface area contributed by atoms with Gasteiger partial charge in [0.2, 0.25) is 10.0 Å². The van der Waals surface area contributed by atoms with Gasteiger partial charge in [-0.25, -0.2) is 17.9 Å². The number of rotatable bonds is 9. The molecule has 1 atom stereocenters. The number of benzene rings is 1. The normalized spacial score (nSPS) is 20.0. The van der Waals surface area contributed by atoms with Gasteiger partial charge < -0.3 is 15.4 Å². The Morgan fingerprint density at radius 2 is 1.92 bits per heavy atom. The lowest BCUT2D eigenvalue weighted by Gasteiger charge is -2.24. The van der Waals surface area contributed by atoms with Crippen LogP contribution in [0.3, 0.4) is 0 Å². The Bertz CT molecular complexity index is 796. The van der Waals surface area contributed by atoms with Gasteiger partial charge in [0.1, 0.15) is 11.3 Å². The van der Waals surface area contributed by atoms with Crippen molar-refractivity contribution in [3.05, 3.63) is 23.8 Å². The minimum absolute atomic E-state index is 0.0148. The molecule has 1 aliphatic heterocycles. The number of carbonyl (C=O) groups is 2. The molecule has 1 fully saturated rings. The lowest BCUT2D eigenvalue weighted by Crippen LogP contribution is -2.41. The third-order valence-corrected chi connectivity index (χ3v) is 5.54. The first-order valence-electron chi connectivity index (χ1n) is 8.27. The number of nitrogens with one attached hydrogen (secondary N) is 4. The summed E-state index contributed by atoms with van der Waals surface area (Å²) in [5.41, 5.74) is -1.16. The molecule has 2 rings (SSSR count). The quantitative estimate of drug-likeness (QED) is 0.352. The topological polar surface area (TPSA) is 126 Å². The highest BCUT2D eigenvalue weighted by Gasteiger charge is 2.45. The van der Waals surface area contributed by atoms with Gasteiger partial charge in [-0.05, 0) is 38.1 Å². The maximum atomic E-state index is 12.5. The summed E-state index contributed by atoms with van der Waals surface area (Å²) in [4.78, 5) is 23.7. The van der Waals surface area contributed by atoms with Crippen molar-refractivity contribution < 1.29 is 22.7 Å². The molecule has 0 spiro atoms. The first-order chi connectivity index (χ1) is 12.2. The number of ether oxygens (including phenoxy) is 1. The Morgan fingerprint density at radius 3 is 2.50 bits per heavy atom. The molecular formula is C16H24N4O5S. The lowest BCUT2D eigenvalue weighted by molar-refractivity contribution is -0.123. The van der Waals surface area contributed by atoms with E-state index in [4.69, 9.17) is 4.74 Å². The SMILES string of the molecule is CCCNCCNS(=O)(=O)c1ccc(OC)c(C2(C)NC(=O)NC2=O)c1. The molecule has 1 unspecified atom stereocenters. The molecule has 0 radical (unpaired) electrons. The van der Waals surface area contributed by atoms with Crippen LogP contribution in [0.25, 0.3) is 0 Å². The van der Waals surface area contributed by atoms with Gasteiger partial charge >= 0.3 is 6.03 Å². The van der Waals surface area contributed by atoms with Crippen LogP contribution in [0.2, 0.25) is 0 Å². The van der Waals surface area contributed by atoms with Gasteiger partial charge in [-0.2, -0.15) is 0 Å². The van der Waals surface area contributed by atoms with E-state index < -0.39 is 27.5 Å². The number of methoxy groups -OCH3 is 1. The number of hydrogen-bond donors (Lipinski definition) is 4. The molecule has 0 bridgehead atoms. The minimum Gasteiger partial charge on any atom is -0.496 e. The number of urea groups is 1. The Kier molecular flexibility index (Phi) is 6.21. The van der Waals surface area contributed by atoms with E-state index in [9.17, 15) is 18.0 Å². The molecular weight excluding hydrogens is 360 g/mol. The fourth-order valence-corrected chi connectivity index (χ4v) is 3.69. The summed E-state index contributed by atoms with van der Waals surface area (Å²) in [6.45, 7) is 5.06. The molecule has 1 aromatic rings. The number of imide groups is 1. The molecule has 4 N–H and O–H groups in total. The summed E-state index contributed by atoms with van der Waals surface area (Å²) < 4.78 is 32.8. The van der Waals surface area contributed by atoms with Crippen molar-refractivity contribution in [3.8, 4) is 5.75 Å². The zero-order valence-electron chi connectivity index (χ0n) is 15.0. The van der Waals surface area contributed by atoms with Crippen molar-refractivity contribution in [1.82, 2.24) is 20.7 Å². The predicted octanol–water partition coefficient (Wildman–Crippen LogP) is 0.0277. The fourth-order valence-electron chi connectivity index (χ4n) is 2.64. The molecule has 9 nitrogen and oxygen atoms in total. The van der Waals surface area contributed by atoms with Crippen LogP contribution in [-0.4, -0.2) is 47.1 Å². The number of carbonyl (C=O) groups excluding carboxylic acids is 2. The summed E-state index contributed by atoms with van der Waals surface area (Å²) in [7, 11) is -2.37. The van der Waals surface area contributed by atoms with Crippen LogP contribution < -0.4 is 25.4 Å². The number of amides is 3. The molecule has 10 heteroatoms. The maximum Gasteiger partial charge on any atom is 0.322 e. The van der Waals surface area contributed by atoms with E-state index in [1.165, 1.54) is 32.2 Å². The van der Waals surface area contributed by atoms with Crippen molar-refractivity contribution in [2.45, 2.75) is 30.7 Å². The van der Waals surface area contributed by atoms with Crippen LogP contribution in [0.5, 0.6) is 5.75 Å². The molecule has 0 saturated carbocycles. The second-order valence-electron chi connectivity index (χ2n) is 6.04. The second kappa shape index (κ2) is 8.02. The smallest absolute Gasteiger partial charge is 0.322 e. The molecule has 144 valence electrons. The van der Waals surface area contributed by atoms with E-state index in [1.807, 2.05) is 6.92 Å². The molecule has 26 heavy (non-hydrogen) atoms. The lowest BCUT2D eigenvalue weighted by atomic mass is 9.91. The highest BCUT2D eigenvalue weighted by Crippen LogP contribution is 2.34. The Labute approximate surface area is 152 Å². The summed E-state index contributed by atoms with van der Waals surface area (Å²) in [6.07, 6.45) is 0.959. The summed E-state index contributed by atoms with van der Waals surface area (Å²) in [5, 5.41) is 7.77. The van der Waals surface area contributed by atoms with E-state index in [2.05, 4.69) is 20.7 Å². The summed E-state index contributed by atoms with van der Waals surface area (Å²) in [6, 6.07) is 3.55. The third kappa shape index (κ3) is 4.14. The first-order valence-corrected chi connectivity index (χ1v) is 9.75. The summed E-state index contributed by atoms with van der Waals surface area (Å²) in [5.74, 6) is -0.277. The van der Waals surface area contributed by atoms with Gasteiger partial charge in [0, 0.05) is 18.7 Å². The van der Waals surface area contributed by atoms with Crippen molar-refractivity contribution in [3.63, 3.8) is 0 Å².